The van der Waals surface area contributed by atoms with E-state index in [1.54, 1.807) is 6.07 Å². The molecule has 0 fully saturated rings. The molecule has 0 aliphatic heterocycles. The van der Waals surface area contributed by atoms with Crippen molar-refractivity contribution in [3.8, 4) is 0 Å². The van der Waals surface area contributed by atoms with Crippen LogP contribution in [0.4, 0.5) is 0 Å². The van der Waals surface area contributed by atoms with Crippen LogP contribution in [0.1, 0.15) is 21.5 Å². The van der Waals surface area contributed by atoms with Gasteiger partial charge in [-0.3, -0.25) is 0 Å². The Kier molecular flexibility index (Phi) is 4.73. The molecule has 2 aromatic carbocycles. The van der Waals surface area contributed by atoms with Crippen LogP contribution in [0.5, 0.6) is 0 Å². The van der Waals surface area contributed by atoms with Gasteiger partial charge in [-0.15, -0.1) is 0 Å². The number of ether oxygens (including phenoxy) is 1. The summed E-state index contributed by atoms with van der Waals surface area (Å²) in [7, 11) is 1.92. The van der Waals surface area contributed by atoms with E-state index in [1.807, 2.05) is 69.0 Å². The number of carbonyl (C=O) groups is 1. The fraction of sp³-hybridized carbons (Fsp3) is 0.0667. The molecule has 0 saturated heterocycles. The molecule has 0 N–H and O–H groups in total. The molecule has 2 nitrogen and oxygen atoms in total. The Morgan fingerprint density at radius 3 is 2.53 bits per heavy atom. The summed E-state index contributed by atoms with van der Waals surface area (Å²) in [6, 6.07) is 17.1. The van der Waals surface area contributed by atoms with Gasteiger partial charge in [-0.2, -0.15) is 0 Å². The Morgan fingerprint density at radius 1 is 1.11 bits per heavy atom. The number of esters is 1. The molecule has 0 radical (unpaired) electrons. The van der Waals surface area contributed by atoms with E-state index < -0.39 is 0 Å². The van der Waals surface area contributed by atoms with E-state index in [9.17, 15) is 4.79 Å². The van der Waals surface area contributed by atoms with Gasteiger partial charge in [-0.1, -0.05) is 0 Å². The molecule has 2 aromatic rings. The monoisotopic (exact) mass is 248 g/mol. The van der Waals surface area contributed by atoms with E-state index in [0.717, 1.165) is 11.1 Å². The van der Waals surface area contributed by atoms with E-state index in [0.29, 0.717) is 12.2 Å². The summed E-state index contributed by atoms with van der Waals surface area (Å²) in [5.41, 5.74) is 2.46. The SMILES string of the molecule is B/B=C\c1ccccc1C(=O)OCc1ccccc1. The Bertz CT molecular complexity index is 580. The molecule has 0 spiro atoms. The Labute approximate surface area is 114 Å². The summed E-state index contributed by atoms with van der Waals surface area (Å²) < 4.78 is 5.33. The zero-order valence-electron chi connectivity index (χ0n) is 10.9. The minimum absolute atomic E-state index is 0.294. The van der Waals surface area contributed by atoms with Gasteiger partial charge < -0.3 is 0 Å². The van der Waals surface area contributed by atoms with Crippen LogP contribution in [0.25, 0.3) is 0 Å². The second kappa shape index (κ2) is 6.74. The number of benzene rings is 2. The van der Waals surface area contributed by atoms with E-state index in [2.05, 4.69) is 0 Å². The van der Waals surface area contributed by atoms with E-state index in [1.165, 1.54) is 0 Å². The molecular weight excluding hydrogens is 234 g/mol. The third-order valence-electron chi connectivity index (χ3n) is 2.74. The van der Waals surface area contributed by atoms with Crippen molar-refractivity contribution >= 4 is 26.5 Å². The topological polar surface area (TPSA) is 26.3 Å². The molecule has 0 amide bonds. The first-order valence-corrected chi connectivity index (χ1v) is 6.24. The molecule has 0 aromatic heterocycles. The molecule has 0 bridgehead atoms. The molecule has 0 atom stereocenters. The second-order valence-corrected chi connectivity index (χ2v) is 4.15. The van der Waals surface area contributed by atoms with E-state index in [4.69, 9.17) is 4.74 Å². The molecule has 0 heterocycles. The van der Waals surface area contributed by atoms with Gasteiger partial charge in [0, 0.05) is 0 Å². The van der Waals surface area contributed by atoms with Gasteiger partial charge in [0.25, 0.3) is 0 Å². The zero-order valence-corrected chi connectivity index (χ0v) is 10.9. The van der Waals surface area contributed by atoms with Crippen molar-refractivity contribution in [2.75, 3.05) is 0 Å². The Morgan fingerprint density at radius 2 is 1.79 bits per heavy atom. The fourth-order valence-electron chi connectivity index (χ4n) is 1.81. The van der Waals surface area contributed by atoms with Gasteiger partial charge in [-0.05, 0) is 0 Å². The van der Waals surface area contributed by atoms with Gasteiger partial charge in [-0.25, -0.2) is 0 Å². The van der Waals surface area contributed by atoms with Crippen molar-refractivity contribution in [3.05, 3.63) is 71.3 Å². The molecule has 0 aliphatic rings. The van der Waals surface area contributed by atoms with Gasteiger partial charge in [0.1, 0.15) is 0 Å². The van der Waals surface area contributed by atoms with Crippen LogP contribution in [0.15, 0.2) is 54.6 Å². The van der Waals surface area contributed by atoms with Gasteiger partial charge in [0.05, 0.1) is 0 Å². The van der Waals surface area contributed by atoms with E-state index in [-0.39, 0.29) is 5.97 Å². The number of rotatable bonds is 4. The fourth-order valence-corrected chi connectivity index (χ4v) is 1.81. The third-order valence-corrected chi connectivity index (χ3v) is 2.74. The summed E-state index contributed by atoms with van der Waals surface area (Å²) in [6.45, 7) is 2.20. The molecule has 0 saturated carbocycles. The molecule has 92 valence electrons. The van der Waals surface area contributed by atoms with Crippen LogP contribution in [0.2, 0.25) is 0 Å². The first kappa shape index (κ1) is 13.3. The Balaban J connectivity index is 2.08. The number of carbonyl (C=O) groups excluding carboxylic acids is 1. The van der Waals surface area contributed by atoms with Crippen LogP contribution < -0.4 is 0 Å². The standard InChI is InChI=1S/C15H14B2O2/c16-17-10-13-8-4-5-9-14(13)15(18)19-11-12-6-2-1-3-7-12/h1-10H,11,16H2. The maximum atomic E-state index is 12.1. The molecule has 2 rings (SSSR count). The van der Waals surface area contributed by atoms with Crippen molar-refractivity contribution in [3.63, 3.8) is 0 Å². The molecule has 0 unspecified atom stereocenters. The van der Waals surface area contributed by atoms with Crippen LogP contribution in [0.3, 0.4) is 0 Å². The Hall–Kier alpha value is -2.09. The number of hydrogen-bond acceptors (Lipinski definition) is 2. The summed E-state index contributed by atoms with van der Waals surface area (Å²) in [5, 5.41) is 0. The zero-order chi connectivity index (χ0) is 13.5. The van der Waals surface area contributed by atoms with Crippen molar-refractivity contribution in [2.45, 2.75) is 6.61 Å². The first-order chi connectivity index (χ1) is 9.31. The maximum absolute atomic E-state index is 12.1. The minimum atomic E-state index is -0.294. The van der Waals surface area contributed by atoms with Crippen LogP contribution in [0, 0.1) is 0 Å². The molecule has 0 aliphatic carbocycles. The average Bonchev–Trinajstić information content (AvgIpc) is 2.47. The summed E-state index contributed by atoms with van der Waals surface area (Å²) in [5.74, 6) is 1.61. The van der Waals surface area contributed by atoms with Crippen molar-refractivity contribution in [1.82, 2.24) is 0 Å². The van der Waals surface area contributed by atoms with Crippen LogP contribution >= 0.6 is 0 Å². The van der Waals surface area contributed by atoms with Crippen molar-refractivity contribution in [2.24, 2.45) is 0 Å². The normalized spacial score (nSPS) is 10.1. The van der Waals surface area contributed by atoms with Crippen molar-refractivity contribution in [1.29, 1.82) is 0 Å². The third kappa shape index (κ3) is 3.68. The summed E-state index contributed by atoms with van der Waals surface area (Å²) in [6.07, 6.45) is 0. The number of hydrogen-bond donors (Lipinski definition) is 0. The molecule has 4 heteroatoms. The molecular formula is C15H14B2O2. The van der Waals surface area contributed by atoms with Crippen LogP contribution in [-0.4, -0.2) is 26.5 Å². The molecule has 19 heavy (non-hydrogen) atoms. The van der Waals surface area contributed by atoms with E-state index >= 15 is 0 Å². The first-order valence-electron chi connectivity index (χ1n) is 6.24. The quantitative estimate of drug-likeness (QED) is 0.604. The predicted molar refractivity (Wildman–Crippen MR) is 81.5 cm³/mol. The summed E-state index contributed by atoms with van der Waals surface area (Å²) in [4.78, 5) is 12.1. The second-order valence-electron chi connectivity index (χ2n) is 4.15. The average molecular weight is 248 g/mol. The van der Waals surface area contributed by atoms with Gasteiger partial charge >= 0.3 is 114 Å². The van der Waals surface area contributed by atoms with Crippen molar-refractivity contribution < 1.29 is 9.53 Å². The van der Waals surface area contributed by atoms with Crippen LogP contribution in [-0.2, 0) is 11.3 Å². The predicted octanol–water partition coefficient (Wildman–Crippen LogP) is 1.45. The van der Waals surface area contributed by atoms with Gasteiger partial charge in [0.15, 0.2) is 0 Å². The van der Waals surface area contributed by atoms with Gasteiger partial charge in [0.2, 0.25) is 0 Å². The summed E-state index contributed by atoms with van der Waals surface area (Å²) >= 11 is 0.